The summed E-state index contributed by atoms with van der Waals surface area (Å²) in [4.78, 5) is 2.18. The van der Waals surface area contributed by atoms with Gasteiger partial charge in [0.2, 0.25) is 0 Å². The summed E-state index contributed by atoms with van der Waals surface area (Å²) >= 11 is 6.08. The monoisotopic (exact) mass is 270 g/mol. The highest BCUT2D eigenvalue weighted by molar-refractivity contribution is 6.31. The zero-order valence-electron chi connectivity index (χ0n) is 10.6. The maximum atomic E-state index is 12.1. The molecule has 1 aliphatic rings. The number of hydroxylamine groups is 3. The maximum absolute atomic E-state index is 12.1. The van der Waals surface area contributed by atoms with Gasteiger partial charge in [0.15, 0.2) is 0 Å². The second kappa shape index (κ2) is 5.45. The fraction of sp³-hybridized carbons (Fsp3) is 0.538. The van der Waals surface area contributed by atoms with Gasteiger partial charge in [0.05, 0.1) is 39.3 Å². The van der Waals surface area contributed by atoms with E-state index in [2.05, 4.69) is 4.90 Å². The number of aliphatic hydroxyl groups excluding tert-OH is 1. The van der Waals surface area contributed by atoms with Crippen LogP contribution in [0.25, 0.3) is 0 Å². The van der Waals surface area contributed by atoms with Gasteiger partial charge in [0, 0.05) is 10.7 Å². The van der Waals surface area contributed by atoms with Crippen molar-refractivity contribution in [2.45, 2.75) is 13.5 Å². The van der Waals surface area contributed by atoms with Gasteiger partial charge in [-0.05, 0) is 24.6 Å². The number of aliphatic hydroxyl groups is 1. The van der Waals surface area contributed by atoms with Crippen LogP contribution in [0.15, 0.2) is 18.2 Å². The number of hydrogen-bond acceptors (Lipinski definition) is 3. The van der Waals surface area contributed by atoms with Crippen molar-refractivity contribution in [3.8, 4) is 0 Å². The van der Waals surface area contributed by atoms with Crippen LogP contribution < -0.4 is 4.90 Å². The summed E-state index contributed by atoms with van der Waals surface area (Å²) in [6.45, 7) is 5.28. The minimum atomic E-state index is -0.0983. The Bertz CT molecular complexity index is 417. The predicted molar refractivity (Wildman–Crippen MR) is 73.5 cm³/mol. The van der Waals surface area contributed by atoms with E-state index in [-0.39, 0.29) is 11.3 Å². The second-order valence-corrected chi connectivity index (χ2v) is 5.15. The molecule has 0 unspecified atom stereocenters. The Hall–Kier alpha value is -0.810. The van der Waals surface area contributed by atoms with Crippen molar-refractivity contribution < 1.29 is 9.75 Å². The first-order valence-electron chi connectivity index (χ1n) is 6.29. The molecule has 1 aromatic rings. The number of benzene rings is 1. The molecule has 2 rings (SSSR count). The lowest BCUT2D eigenvalue weighted by molar-refractivity contribution is -0.879. The number of nitrogens with zero attached hydrogens (tertiary/aromatic N) is 2. The molecule has 1 N–H and O–H groups in total. The van der Waals surface area contributed by atoms with E-state index in [9.17, 15) is 5.21 Å². The van der Waals surface area contributed by atoms with Gasteiger partial charge in [-0.2, -0.15) is 0 Å². The van der Waals surface area contributed by atoms with Gasteiger partial charge in [0.25, 0.3) is 0 Å². The van der Waals surface area contributed by atoms with Crippen molar-refractivity contribution in [1.29, 1.82) is 0 Å². The fourth-order valence-corrected chi connectivity index (χ4v) is 2.50. The third-order valence-electron chi connectivity index (χ3n) is 3.70. The van der Waals surface area contributed by atoms with Crippen LogP contribution in [0.1, 0.15) is 12.5 Å². The van der Waals surface area contributed by atoms with E-state index in [4.69, 9.17) is 16.7 Å². The molecule has 0 aliphatic carbocycles. The molecule has 0 spiro atoms. The zero-order chi connectivity index (χ0) is 13.2. The molecule has 1 aromatic carbocycles. The van der Waals surface area contributed by atoms with Gasteiger partial charge in [-0.3, -0.25) is 0 Å². The third-order valence-corrected chi connectivity index (χ3v) is 4.06. The molecule has 0 bridgehead atoms. The molecule has 1 aliphatic heterocycles. The molecule has 1 heterocycles. The van der Waals surface area contributed by atoms with Crippen molar-refractivity contribution >= 4 is 17.3 Å². The van der Waals surface area contributed by atoms with Gasteiger partial charge >= 0.3 is 0 Å². The van der Waals surface area contributed by atoms with E-state index in [1.807, 2.05) is 25.1 Å². The van der Waals surface area contributed by atoms with Crippen LogP contribution in [0.3, 0.4) is 0 Å². The first-order chi connectivity index (χ1) is 8.58. The first kappa shape index (κ1) is 13.6. The number of rotatable bonds is 3. The SMILES string of the molecule is CC[N+]1([O-])CCN(c2ccc(CO)c(Cl)c2)CC1. The van der Waals surface area contributed by atoms with E-state index in [1.54, 1.807) is 0 Å². The number of quaternary nitrogens is 1. The van der Waals surface area contributed by atoms with E-state index >= 15 is 0 Å². The number of halogens is 1. The molecule has 4 nitrogen and oxygen atoms in total. The highest BCUT2D eigenvalue weighted by Crippen LogP contribution is 2.25. The molecule has 0 atom stereocenters. The normalized spacial score (nSPS) is 19.0. The fourth-order valence-electron chi connectivity index (χ4n) is 2.27. The van der Waals surface area contributed by atoms with Crippen LogP contribution in [-0.4, -0.2) is 42.5 Å². The van der Waals surface area contributed by atoms with Gasteiger partial charge in [0.1, 0.15) is 0 Å². The molecular weight excluding hydrogens is 252 g/mol. The molecule has 1 fully saturated rings. The summed E-state index contributed by atoms with van der Waals surface area (Å²) < 4.78 is -0.0983. The number of piperazine rings is 1. The molecular formula is C13H19ClN2O2. The molecule has 0 amide bonds. The van der Waals surface area contributed by atoms with Crippen molar-refractivity contribution in [2.24, 2.45) is 0 Å². The minimum Gasteiger partial charge on any atom is -0.633 e. The summed E-state index contributed by atoms with van der Waals surface area (Å²) in [5.74, 6) is 0. The Morgan fingerprint density at radius 3 is 2.56 bits per heavy atom. The van der Waals surface area contributed by atoms with Crippen LogP contribution in [-0.2, 0) is 6.61 Å². The van der Waals surface area contributed by atoms with Gasteiger partial charge < -0.3 is 19.9 Å². The Morgan fingerprint density at radius 1 is 1.39 bits per heavy atom. The summed E-state index contributed by atoms with van der Waals surface area (Å²) in [6, 6.07) is 5.66. The smallest absolute Gasteiger partial charge is 0.0962 e. The average molecular weight is 271 g/mol. The van der Waals surface area contributed by atoms with Gasteiger partial charge in [-0.15, -0.1) is 0 Å². The predicted octanol–water partition coefficient (Wildman–Crippen LogP) is 1.99. The maximum Gasteiger partial charge on any atom is 0.0962 e. The first-order valence-corrected chi connectivity index (χ1v) is 6.67. The topological polar surface area (TPSA) is 46.5 Å². The molecule has 1 saturated heterocycles. The Morgan fingerprint density at radius 2 is 2.06 bits per heavy atom. The Labute approximate surface area is 113 Å². The highest BCUT2D eigenvalue weighted by atomic mass is 35.5. The van der Waals surface area contributed by atoms with Crippen molar-refractivity contribution in [3.63, 3.8) is 0 Å². The summed E-state index contributed by atoms with van der Waals surface area (Å²) in [5, 5.41) is 21.7. The van der Waals surface area contributed by atoms with E-state index < -0.39 is 0 Å². The largest absolute Gasteiger partial charge is 0.633 e. The summed E-state index contributed by atoms with van der Waals surface area (Å²) in [7, 11) is 0. The van der Waals surface area contributed by atoms with Crippen molar-refractivity contribution in [1.82, 2.24) is 0 Å². The van der Waals surface area contributed by atoms with Crippen LogP contribution in [0, 0.1) is 5.21 Å². The van der Waals surface area contributed by atoms with Crippen LogP contribution in [0.4, 0.5) is 5.69 Å². The summed E-state index contributed by atoms with van der Waals surface area (Å²) in [6.07, 6.45) is 0. The molecule has 0 radical (unpaired) electrons. The molecule has 18 heavy (non-hydrogen) atoms. The van der Waals surface area contributed by atoms with Gasteiger partial charge in [-0.1, -0.05) is 17.7 Å². The van der Waals surface area contributed by atoms with Crippen LogP contribution >= 0.6 is 11.6 Å². The number of likely N-dealkylation sites (N-methyl/N-ethyl adjacent to an activating group) is 1. The minimum absolute atomic E-state index is 0.0461. The highest BCUT2D eigenvalue weighted by Gasteiger charge is 2.24. The zero-order valence-corrected chi connectivity index (χ0v) is 11.4. The van der Waals surface area contributed by atoms with Gasteiger partial charge in [-0.25, -0.2) is 0 Å². The van der Waals surface area contributed by atoms with Crippen LogP contribution in [0.2, 0.25) is 5.02 Å². The quantitative estimate of drug-likeness (QED) is 0.675. The number of anilines is 1. The molecule has 0 aromatic heterocycles. The van der Waals surface area contributed by atoms with E-state index in [1.165, 1.54) is 0 Å². The number of hydrogen-bond donors (Lipinski definition) is 1. The van der Waals surface area contributed by atoms with E-state index in [0.717, 1.165) is 24.3 Å². The molecule has 0 saturated carbocycles. The van der Waals surface area contributed by atoms with E-state index in [0.29, 0.717) is 24.7 Å². The lowest BCUT2D eigenvalue weighted by Crippen LogP contribution is -2.56. The second-order valence-electron chi connectivity index (χ2n) is 4.74. The van der Waals surface area contributed by atoms with Crippen molar-refractivity contribution in [2.75, 3.05) is 37.6 Å². The Kier molecular flexibility index (Phi) is 4.12. The lowest BCUT2D eigenvalue weighted by atomic mass is 10.2. The summed E-state index contributed by atoms with van der Waals surface area (Å²) in [5.41, 5.74) is 1.76. The third kappa shape index (κ3) is 2.78. The Balaban J connectivity index is 2.08. The van der Waals surface area contributed by atoms with Crippen LogP contribution in [0.5, 0.6) is 0 Å². The average Bonchev–Trinajstić information content (AvgIpc) is 2.39. The molecule has 100 valence electrons. The van der Waals surface area contributed by atoms with Crippen molar-refractivity contribution in [3.05, 3.63) is 34.0 Å². The standard InChI is InChI=1S/C13H19ClN2O2/c1-2-16(18)7-5-15(6-8-16)12-4-3-11(10-17)13(14)9-12/h3-4,9,17H,2,5-8,10H2,1H3. The molecule has 5 heteroatoms. The lowest BCUT2D eigenvalue weighted by Gasteiger charge is -2.48.